The van der Waals surface area contributed by atoms with Crippen LogP contribution in [0.5, 0.6) is 0 Å². The lowest BCUT2D eigenvalue weighted by Gasteiger charge is -2.14. The average molecular weight is 218 g/mol. The molecule has 2 aromatic rings. The molecule has 2 rings (SSSR count). The molecule has 0 atom stereocenters. The van der Waals surface area contributed by atoms with Crippen molar-refractivity contribution in [1.82, 2.24) is 9.97 Å². The average Bonchev–Trinajstić information content (AvgIpc) is 2.67. The summed E-state index contributed by atoms with van der Waals surface area (Å²) in [5, 5.41) is 1.07. The minimum absolute atomic E-state index is 0.183. The summed E-state index contributed by atoms with van der Waals surface area (Å²) in [5.41, 5.74) is 1.33. The lowest BCUT2D eigenvalue weighted by atomic mass is 9.96. The number of hydrogen-bond acceptors (Lipinski definition) is 3. The summed E-state index contributed by atoms with van der Waals surface area (Å²) in [7, 11) is 0. The Bertz CT molecular complexity index is 440. The fourth-order valence-electron chi connectivity index (χ4n) is 1.25. The quantitative estimate of drug-likeness (QED) is 0.732. The number of hydrogen-bond donors (Lipinski definition) is 0. The van der Waals surface area contributed by atoms with Gasteiger partial charge in [-0.3, -0.25) is 4.98 Å². The van der Waals surface area contributed by atoms with Gasteiger partial charge in [0.15, 0.2) is 0 Å². The van der Waals surface area contributed by atoms with Gasteiger partial charge in [-0.2, -0.15) is 0 Å². The summed E-state index contributed by atoms with van der Waals surface area (Å²) >= 11 is 1.75. The molecule has 0 saturated carbocycles. The van der Waals surface area contributed by atoms with Gasteiger partial charge < -0.3 is 0 Å². The SMILES string of the molecule is CC(C)(C)c1cnc(-c2ccncc2)s1. The van der Waals surface area contributed by atoms with Crippen LogP contribution in [0, 0.1) is 0 Å². The standard InChI is InChI=1S/C12H14N2S/c1-12(2,3)10-8-14-11(15-10)9-4-6-13-7-5-9/h4-8H,1-3H3. The van der Waals surface area contributed by atoms with E-state index in [0.717, 1.165) is 10.6 Å². The molecule has 0 bridgehead atoms. The van der Waals surface area contributed by atoms with E-state index in [9.17, 15) is 0 Å². The number of pyridine rings is 1. The first-order chi connectivity index (χ1) is 7.07. The molecular weight excluding hydrogens is 204 g/mol. The van der Waals surface area contributed by atoms with Gasteiger partial charge in [0.05, 0.1) is 0 Å². The van der Waals surface area contributed by atoms with Crippen LogP contribution in [0.25, 0.3) is 10.6 Å². The topological polar surface area (TPSA) is 25.8 Å². The number of thiazole rings is 1. The van der Waals surface area contributed by atoms with Gasteiger partial charge in [-0.1, -0.05) is 20.8 Å². The van der Waals surface area contributed by atoms with E-state index in [4.69, 9.17) is 0 Å². The van der Waals surface area contributed by atoms with Crippen molar-refractivity contribution in [1.29, 1.82) is 0 Å². The van der Waals surface area contributed by atoms with Crippen molar-refractivity contribution in [2.24, 2.45) is 0 Å². The molecule has 0 aliphatic rings. The van der Waals surface area contributed by atoms with E-state index < -0.39 is 0 Å². The molecular formula is C12H14N2S. The Morgan fingerprint density at radius 3 is 2.33 bits per heavy atom. The molecule has 0 saturated heterocycles. The number of aromatic nitrogens is 2. The maximum absolute atomic E-state index is 4.44. The summed E-state index contributed by atoms with van der Waals surface area (Å²) < 4.78 is 0. The second-order valence-corrected chi connectivity index (χ2v) is 5.55. The minimum Gasteiger partial charge on any atom is -0.265 e. The summed E-state index contributed by atoms with van der Waals surface area (Å²) in [6.45, 7) is 6.62. The van der Waals surface area contributed by atoms with Gasteiger partial charge in [-0.05, 0) is 17.5 Å². The second kappa shape index (κ2) is 3.74. The number of nitrogens with zero attached hydrogens (tertiary/aromatic N) is 2. The molecule has 2 nitrogen and oxygen atoms in total. The summed E-state index contributed by atoms with van der Waals surface area (Å²) in [6.07, 6.45) is 5.57. The summed E-state index contributed by atoms with van der Waals surface area (Å²) in [6, 6.07) is 3.98. The molecule has 0 amide bonds. The summed E-state index contributed by atoms with van der Waals surface area (Å²) in [5.74, 6) is 0. The van der Waals surface area contributed by atoms with E-state index in [1.54, 1.807) is 23.7 Å². The molecule has 2 aromatic heterocycles. The highest BCUT2D eigenvalue weighted by Gasteiger charge is 2.17. The molecule has 3 heteroatoms. The Morgan fingerprint density at radius 2 is 1.80 bits per heavy atom. The van der Waals surface area contributed by atoms with Crippen LogP contribution in [-0.4, -0.2) is 9.97 Å². The van der Waals surface area contributed by atoms with Crippen molar-refractivity contribution in [2.45, 2.75) is 26.2 Å². The van der Waals surface area contributed by atoms with Crippen LogP contribution in [0.4, 0.5) is 0 Å². The van der Waals surface area contributed by atoms with Crippen molar-refractivity contribution in [3.8, 4) is 10.6 Å². The van der Waals surface area contributed by atoms with Crippen LogP contribution in [-0.2, 0) is 5.41 Å². The molecule has 0 fully saturated rings. The van der Waals surface area contributed by atoms with Gasteiger partial charge in [-0.25, -0.2) is 4.98 Å². The Kier molecular flexibility index (Phi) is 2.57. The smallest absolute Gasteiger partial charge is 0.123 e. The second-order valence-electron chi connectivity index (χ2n) is 4.52. The highest BCUT2D eigenvalue weighted by molar-refractivity contribution is 7.15. The number of rotatable bonds is 1. The van der Waals surface area contributed by atoms with Gasteiger partial charge in [0.2, 0.25) is 0 Å². The Morgan fingerprint density at radius 1 is 1.13 bits per heavy atom. The highest BCUT2D eigenvalue weighted by atomic mass is 32.1. The molecule has 0 radical (unpaired) electrons. The molecule has 15 heavy (non-hydrogen) atoms. The Labute approximate surface area is 94.0 Å². The normalized spacial score (nSPS) is 11.7. The van der Waals surface area contributed by atoms with E-state index in [-0.39, 0.29) is 5.41 Å². The van der Waals surface area contributed by atoms with Crippen LogP contribution >= 0.6 is 11.3 Å². The van der Waals surface area contributed by atoms with Gasteiger partial charge in [0.1, 0.15) is 5.01 Å². The zero-order valence-corrected chi connectivity index (χ0v) is 10.0. The van der Waals surface area contributed by atoms with Crippen LogP contribution in [0.15, 0.2) is 30.7 Å². The van der Waals surface area contributed by atoms with Crippen LogP contribution in [0.2, 0.25) is 0 Å². The van der Waals surface area contributed by atoms with Gasteiger partial charge >= 0.3 is 0 Å². The van der Waals surface area contributed by atoms with Crippen molar-refractivity contribution < 1.29 is 0 Å². The lowest BCUT2D eigenvalue weighted by molar-refractivity contribution is 0.602. The van der Waals surface area contributed by atoms with Crippen molar-refractivity contribution >= 4 is 11.3 Å². The maximum atomic E-state index is 4.44. The van der Waals surface area contributed by atoms with Gasteiger partial charge in [0.25, 0.3) is 0 Å². The molecule has 0 N–H and O–H groups in total. The van der Waals surface area contributed by atoms with Gasteiger partial charge in [0, 0.05) is 29.0 Å². The molecule has 0 aliphatic carbocycles. The Hall–Kier alpha value is -1.22. The van der Waals surface area contributed by atoms with Crippen LogP contribution in [0.3, 0.4) is 0 Å². The first-order valence-corrected chi connectivity index (χ1v) is 5.76. The van der Waals surface area contributed by atoms with Crippen molar-refractivity contribution in [3.05, 3.63) is 35.6 Å². The largest absolute Gasteiger partial charge is 0.265 e. The first-order valence-electron chi connectivity index (χ1n) is 4.94. The van der Waals surface area contributed by atoms with E-state index in [0.29, 0.717) is 0 Å². The third-order valence-electron chi connectivity index (χ3n) is 2.17. The van der Waals surface area contributed by atoms with Crippen LogP contribution < -0.4 is 0 Å². The Balaban J connectivity index is 2.37. The third kappa shape index (κ3) is 2.23. The molecule has 0 aliphatic heterocycles. The predicted octanol–water partition coefficient (Wildman–Crippen LogP) is 3.50. The molecule has 0 aromatic carbocycles. The third-order valence-corrected chi connectivity index (χ3v) is 3.64. The van der Waals surface area contributed by atoms with Gasteiger partial charge in [-0.15, -0.1) is 11.3 Å². The van der Waals surface area contributed by atoms with E-state index in [1.165, 1.54) is 4.88 Å². The van der Waals surface area contributed by atoms with Crippen molar-refractivity contribution in [2.75, 3.05) is 0 Å². The molecule has 78 valence electrons. The van der Waals surface area contributed by atoms with E-state index in [2.05, 4.69) is 30.7 Å². The molecule has 0 unspecified atom stereocenters. The predicted molar refractivity (Wildman–Crippen MR) is 64.0 cm³/mol. The fourth-order valence-corrected chi connectivity index (χ4v) is 2.23. The van der Waals surface area contributed by atoms with E-state index in [1.807, 2.05) is 18.3 Å². The summed E-state index contributed by atoms with van der Waals surface area (Å²) in [4.78, 5) is 9.76. The van der Waals surface area contributed by atoms with E-state index >= 15 is 0 Å². The molecule has 0 spiro atoms. The maximum Gasteiger partial charge on any atom is 0.123 e. The minimum atomic E-state index is 0.183. The van der Waals surface area contributed by atoms with Crippen molar-refractivity contribution in [3.63, 3.8) is 0 Å². The van der Waals surface area contributed by atoms with Crippen LogP contribution in [0.1, 0.15) is 25.6 Å². The zero-order valence-electron chi connectivity index (χ0n) is 9.19. The fraction of sp³-hybridized carbons (Fsp3) is 0.333. The zero-order chi connectivity index (χ0) is 10.9. The molecule has 2 heterocycles. The highest BCUT2D eigenvalue weighted by Crippen LogP contribution is 2.32. The first kappa shape index (κ1) is 10.3. The lowest BCUT2D eigenvalue weighted by Crippen LogP contribution is -2.07. The monoisotopic (exact) mass is 218 g/mol.